The standard InChI is InChI=1S/C9H11BrN2O2/c1-3-6(2)4-12-5-7(10)8(13)11-9(12)14/h5H,2-4H2,1H3,(H,11,13,14). The summed E-state index contributed by atoms with van der Waals surface area (Å²) < 4.78 is 1.76. The fourth-order valence-corrected chi connectivity index (χ4v) is 1.30. The van der Waals surface area contributed by atoms with Gasteiger partial charge in [-0.25, -0.2) is 4.79 Å². The summed E-state index contributed by atoms with van der Waals surface area (Å²) >= 11 is 3.06. The molecule has 0 atom stereocenters. The first-order chi connectivity index (χ1) is 6.54. The maximum atomic E-state index is 11.3. The number of nitrogens with one attached hydrogen (secondary N) is 1. The molecule has 14 heavy (non-hydrogen) atoms. The zero-order chi connectivity index (χ0) is 10.7. The topological polar surface area (TPSA) is 54.9 Å². The lowest BCUT2D eigenvalue weighted by molar-refractivity contribution is 0.692. The van der Waals surface area contributed by atoms with Crippen molar-refractivity contribution in [3.8, 4) is 0 Å². The van der Waals surface area contributed by atoms with Crippen molar-refractivity contribution in [2.24, 2.45) is 0 Å². The summed E-state index contributed by atoms with van der Waals surface area (Å²) in [5.74, 6) is 0. The van der Waals surface area contributed by atoms with Gasteiger partial charge in [0.15, 0.2) is 0 Å². The van der Waals surface area contributed by atoms with Crippen LogP contribution < -0.4 is 11.2 Å². The van der Waals surface area contributed by atoms with Crippen molar-refractivity contribution in [2.75, 3.05) is 0 Å². The van der Waals surface area contributed by atoms with Crippen LogP contribution in [0.2, 0.25) is 0 Å². The number of allylic oxidation sites excluding steroid dienone is 1. The third-order valence-corrected chi connectivity index (χ3v) is 2.43. The van der Waals surface area contributed by atoms with E-state index in [1.807, 2.05) is 6.92 Å². The quantitative estimate of drug-likeness (QED) is 0.831. The van der Waals surface area contributed by atoms with E-state index in [0.717, 1.165) is 12.0 Å². The highest BCUT2D eigenvalue weighted by atomic mass is 79.9. The van der Waals surface area contributed by atoms with E-state index in [1.54, 1.807) is 0 Å². The molecule has 0 fully saturated rings. The second-order valence-corrected chi connectivity index (χ2v) is 3.82. The van der Waals surface area contributed by atoms with E-state index in [4.69, 9.17) is 0 Å². The number of hydrogen-bond donors (Lipinski definition) is 1. The van der Waals surface area contributed by atoms with Crippen molar-refractivity contribution < 1.29 is 0 Å². The van der Waals surface area contributed by atoms with Crippen molar-refractivity contribution in [3.63, 3.8) is 0 Å². The Kier molecular flexibility index (Phi) is 3.46. The highest BCUT2D eigenvalue weighted by molar-refractivity contribution is 9.10. The molecule has 0 aliphatic carbocycles. The van der Waals surface area contributed by atoms with Gasteiger partial charge < -0.3 is 0 Å². The van der Waals surface area contributed by atoms with Gasteiger partial charge in [-0.1, -0.05) is 19.1 Å². The lowest BCUT2D eigenvalue weighted by Gasteiger charge is -2.05. The van der Waals surface area contributed by atoms with Gasteiger partial charge in [-0.05, 0) is 22.4 Å². The van der Waals surface area contributed by atoms with E-state index < -0.39 is 11.2 Å². The van der Waals surface area contributed by atoms with Crippen LogP contribution in [0.1, 0.15) is 13.3 Å². The minimum atomic E-state index is -0.409. The molecule has 0 unspecified atom stereocenters. The Bertz CT molecular complexity index is 459. The third kappa shape index (κ3) is 2.45. The van der Waals surface area contributed by atoms with E-state index in [2.05, 4.69) is 27.5 Å². The Balaban J connectivity index is 3.11. The van der Waals surface area contributed by atoms with Gasteiger partial charge in [0.05, 0.1) is 4.47 Å². The second kappa shape index (κ2) is 4.41. The molecule has 1 aromatic rings. The minimum absolute atomic E-state index is 0.348. The van der Waals surface area contributed by atoms with Crippen LogP contribution in [0.15, 0.2) is 32.4 Å². The highest BCUT2D eigenvalue weighted by Crippen LogP contribution is 2.02. The molecule has 1 N–H and O–H groups in total. The number of H-pyrrole nitrogens is 1. The lowest BCUT2D eigenvalue weighted by Crippen LogP contribution is -2.30. The van der Waals surface area contributed by atoms with Gasteiger partial charge in [-0.3, -0.25) is 14.3 Å². The molecular formula is C9H11BrN2O2. The zero-order valence-electron chi connectivity index (χ0n) is 7.84. The Morgan fingerprint density at radius 3 is 2.86 bits per heavy atom. The molecule has 1 rings (SSSR count). The molecule has 0 bridgehead atoms. The lowest BCUT2D eigenvalue weighted by atomic mass is 10.2. The van der Waals surface area contributed by atoms with Crippen molar-refractivity contribution >= 4 is 15.9 Å². The first-order valence-electron chi connectivity index (χ1n) is 4.20. The monoisotopic (exact) mass is 258 g/mol. The average molecular weight is 259 g/mol. The average Bonchev–Trinajstić information content (AvgIpc) is 2.14. The molecule has 0 amide bonds. The first-order valence-corrected chi connectivity index (χ1v) is 4.99. The number of nitrogens with zero attached hydrogens (tertiary/aromatic N) is 1. The molecular weight excluding hydrogens is 248 g/mol. The smallest absolute Gasteiger partial charge is 0.295 e. The molecule has 0 aliphatic rings. The van der Waals surface area contributed by atoms with Crippen LogP contribution in [0.25, 0.3) is 0 Å². The Morgan fingerprint density at radius 1 is 1.64 bits per heavy atom. The molecule has 0 saturated heterocycles. The van der Waals surface area contributed by atoms with Crippen molar-refractivity contribution in [1.29, 1.82) is 0 Å². The number of rotatable bonds is 3. The van der Waals surface area contributed by atoms with Crippen LogP contribution in [-0.4, -0.2) is 9.55 Å². The fourth-order valence-electron chi connectivity index (χ4n) is 0.953. The Hall–Kier alpha value is -1.10. The number of aromatic nitrogens is 2. The molecule has 1 heterocycles. The second-order valence-electron chi connectivity index (χ2n) is 2.97. The third-order valence-electron chi connectivity index (χ3n) is 1.86. The summed E-state index contributed by atoms with van der Waals surface area (Å²) in [4.78, 5) is 24.5. The molecule has 0 aromatic carbocycles. The van der Waals surface area contributed by atoms with E-state index in [0.29, 0.717) is 11.0 Å². The number of halogens is 1. The van der Waals surface area contributed by atoms with E-state index >= 15 is 0 Å². The maximum Gasteiger partial charge on any atom is 0.328 e. The summed E-state index contributed by atoms with van der Waals surface area (Å²) in [5, 5.41) is 0. The van der Waals surface area contributed by atoms with Gasteiger partial charge in [0.1, 0.15) is 0 Å². The van der Waals surface area contributed by atoms with Gasteiger partial charge >= 0.3 is 5.69 Å². The molecule has 4 nitrogen and oxygen atoms in total. The molecule has 1 aromatic heterocycles. The Labute approximate surface area is 89.4 Å². The molecule has 0 spiro atoms. The maximum absolute atomic E-state index is 11.3. The van der Waals surface area contributed by atoms with Gasteiger partial charge in [0.25, 0.3) is 5.56 Å². The Morgan fingerprint density at radius 2 is 2.29 bits per heavy atom. The summed E-state index contributed by atoms with van der Waals surface area (Å²) in [7, 11) is 0. The fraction of sp³-hybridized carbons (Fsp3) is 0.333. The van der Waals surface area contributed by atoms with E-state index in [9.17, 15) is 9.59 Å². The largest absolute Gasteiger partial charge is 0.328 e. The van der Waals surface area contributed by atoms with Crippen LogP contribution >= 0.6 is 15.9 Å². The molecule has 5 heteroatoms. The van der Waals surface area contributed by atoms with Gasteiger partial charge in [0.2, 0.25) is 0 Å². The zero-order valence-corrected chi connectivity index (χ0v) is 9.43. The predicted molar refractivity (Wildman–Crippen MR) is 58.5 cm³/mol. The van der Waals surface area contributed by atoms with Crippen LogP contribution in [0.3, 0.4) is 0 Å². The van der Waals surface area contributed by atoms with Gasteiger partial charge in [0, 0.05) is 12.7 Å². The van der Waals surface area contributed by atoms with Crippen molar-refractivity contribution in [2.45, 2.75) is 19.9 Å². The molecule has 0 aliphatic heterocycles. The van der Waals surface area contributed by atoms with E-state index in [-0.39, 0.29) is 0 Å². The van der Waals surface area contributed by atoms with Crippen molar-refractivity contribution in [1.82, 2.24) is 9.55 Å². The van der Waals surface area contributed by atoms with Crippen LogP contribution in [-0.2, 0) is 6.54 Å². The first kappa shape index (κ1) is 11.0. The number of aromatic amines is 1. The van der Waals surface area contributed by atoms with E-state index in [1.165, 1.54) is 10.8 Å². The van der Waals surface area contributed by atoms with Crippen LogP contribution in [0.5, 0.6) is 0 Å². The van der Waals surface area contributed by atoms with Gasteiger partial charge in [-0.15, -0.1) is 0 Å². The number of hydrogen-bond acceptors (Lipinski definition) is 2. The summed E-state index contributed by atoms with van der Waals surface area (Å²) in [6, 6.07) is 0. The van der Waals surface area contributed by atoms with Gasteiger partial charge in [-0.2, -0.15) is 0 Å². The van der Waals surface area contributed by atoms with Crippen LogP contribution in [0.4, 0.5) is 0 Å². The molecule has 76 valence electrons. The molecule has 0 radical (unpaired) electrons. The summed E-state index contributed by atoms with van der Waals surface area (Å²) in [5.41, 5.74) is 0.118. The summed E-state index contributed by atoms with van der Waals surface area (Å²) in [6.07, 6.45) is 2.28. The normalized spacial score (nSPS) is 10.1. The van der Waals surface area contributed by atoms with Crippen molar-refractivity contribution in [3.05, 3.63) is 43.7 Å². The predicted octanol–water partition coefficient (Wildman–Crippen LogP) is 1.27. The summed E-state index contributed by atoms with van der Waals surface area (Å²) in [6.45, 7) is 6.20. The highest BCUT2D eigenvalue weighted by Gasteiger charge is 2.02. The minimum Gasteiger partial charge on any atom is -0.295 e. The molecule has 0 saturated carbocycles. The van der Waals surface area contributed by atoms with Crippen LogP contribution in [0, 0.1) is 0 Å². The SMILES string of the molecule is C=C(CC)Cn1cc(Br)c(=O)[nH]c1=O.